The first kappa shape index (κ1) is 11.2. The summed E-state index contributed by atoms with van der Waals surface area (Å²) in [5, 5.41) is 4.13. The van der Waals surface area contributed by atoms with Crippen LogP contribution in [0.25, 0.3) is 0 Å². The van der Waals surface area contributed by atoms with Crippen molar-refractivity contribution >= 4 is 5.91 Å². The van der Waals surface area contributed by atoms with Gasteiger partial charge in [0.1, 0.15) is 5.76 Å². The first-order chi connectivity index (χ1) is 7.59. The Hall–Kier alpha value is -1.32. The van der Waals surface area contributed by atoms with Crippen molar-refractivity contribution in [1.82, 2.24) is 10.1 Å². The molecular formula is C12H18N2O2. The molecule has 2 rings (SSSR count). The quantitative estimate of drug-likeness (QED) is 0.730. The predicted octanol–water partition coefficient (Wildman–Crippen LogP) is 2.02. The summed E-state index contributed by atoms with van der Waals surface area (Å²) in [7, 11) is 0. The summed E-state index contributed by atoms with van der Waals surface area (Å²) < 4.78 is 5.19. The van der Waals surface area contributed by atoms with E-state index in [1.54, 1.807) is 6.92 Å². The van der Waals surface area contributed by atoms with Gasteiger partial charge in [-0.05, 0) is 26.7 Å². The maximum atomic E-state index is 11.2. The summed E-state index contributed by atoms with van der Waals surface area (Å²) in [6.45, 7) is 7.30. The summed E-state index contributed by atoms with van der Waals surface area (Å²) in [5.74, 6) is 1.53. The van der Waals surface area contributed by atoms with E-state index in [0.29, 0.717) is 5.92 Å². The lowest BCUT2D eigenvalue weighted by Gasteiger charge is -2.30. The molecule has 4 heteroatoms. The zero-order chi connectivity index (χ0) is 11.7. The van der Waals surface area contributed by atoms with Gasteiger partial charge in [-0.1, -0.05) is 5.16 Å². The highest BCUT2D eigenvalue weighted by Crippen LogP contribution is 2.30. The zero-order valence-electron chi connectivity index (χ0n) is 10.1. The van der Waals surface area contributed by atoms with E-state index < -0.39 is 0 Å². The minimum absolute atomic E-state index is 0.173. The molecule has 0 unspecified atom stereocenters. The Bertz CT molecular complexity index is 390. The normalized spacial score (nSPS) is 17.8. The molecule has 0 atom stereocenters. The lowest BCUT2D eigenvalue weighted by molar-refractivity contribution is -0.129. The Balaban J connectivity index is 2.04. The Labute approximate surface area is 95.6 Å². The van der Waals surface area contributed by atoms with Crippen LogP contribution in [0.3, 0.4) is 0 Å². The Morgan fingerprint density at radius 2 is 2.00 bits per heavy atom. The van der Waals surface area contributed by atoms with Crippen LogP contribution in [0.4, 0.5) is 0 Å². The van der Waals surface area contributed by atoms with Crippen molar-refractivity contribution in [2.24, 2.45) is 0 Å². The third-order valence-electron chi connectivity index (χ3n) is 3.52. The van der Waals surface area contributed by atoms with E-state index in [0.717, 1.165) is 37.4 Å². The van der Waals surface area contributed by atoms with Gasteiger partial charge in [-0.25, -0.2) is 0 Å². The fourth-order valence-corrected chi connectivity index (χ4v) is 2.28. The average Bonchev–Trinajstić information content (AvgIpc) is 2.60. The second-order valence-corrected chi connectivity index (χ2v) is 4.53. The van der Waals surface area contributed by atoms with Crippen molar-refractivity contribution in [1.29, 1.82) is 0 Å². The highest BCUT2D eigenvalue weighted by molar-refractivity contribution is 5.73. The zero-order valence-corrected chi connectivity index (χ0v) is 10.1. The van der Waals surface area contributed by atoms with Gasteiger partial charge in [0.2, 0.25) is 5.91 Å². The van der Waals surface area contributed by atoms with Crippen molar-refractivity contribution in [2.75, 3.05) is 13.1 Å². The maximum Gasteiger partial charge on any atom is 0.219 e. The number of piperidine rings is 1. The largest absolute Gasteiger partial charge is 0.361 e. The molecule has 0 N–H and O–H groups in total. The van der Waals surface area contributed by atoms with E-state index in [1.807, 2.05) is 11.8 Å². The van der Waals surface area contributed by atoms with E-state index in [1.165, 1.54) is 5.56 Å². The molecule has 1 aromatic rings. The fraction of sp³-hybridized carbons (Fsp3) is 0.667. The smallest absolute Gasteiger partial charge is 0.219 e. The number of hydrogen-bond donors (Lipinski definition) is 0. The monoisotopic (exact) mass is 222 g/mol. The Kier molecular flexibility index (Phi) is 2.99. The SMILES string of the molecule is CC(=O)N1CCC(c2noc(C)c2C)CC1. The van der Waals surface area contributed by atoms with Crippen LogP contribution in [-0.4, -0.2) is 29.1 Å². The average molecular weight is 222 g/mol. The second-order valence-electron chi connectivity index (χ2n) is 4.53. The number of rotatable bonds is 1. The van der Waals surface area contributed by atoms with Gasteiger partial charge in [0.25, 0.3) is 0 Å². The first-order valence-electron chi connectivity index (χ1n) is 5.78. The minimum atomic E-state index is 0.173. The molecular weight excluding hydrogens is 204 g/mol. The maximum absolute atomic E-state index is 11.2. The number of carbonyl (C=O) groups is 1. The lowest BCUT2D eigenvalue weighted by atomic mass is 9.91. The van der Waals surface area contributed by atoms with Crippen LogP contribution in [0, 0.1) is 13.8 Å². The highest BCUT2D eigenvalue weighted by Gasteiger charge is 2.25. The Morgan fingerprint density at radius 3 is 2.44 bits per heavy atom. The molecule has 0 saturated carbocycles. The predicted molar refractivity (Wildman–Crippen MR) is 60.2 cm³/mol. The second kappa shape index (κ2) is 4.28. The van der Waals surface area contributed by atoms with E-state index in [4.69, 9.17) is 4.52 Å². The molecule has 1 fully saturated rings. The molecule has 0 radical (unpaired) electrons. The van der Waals surface area contributed by atoms with Crippen molar-refractivity contribution < 1.29 is 9.32 Å². The molecule has 0 spiro atoms. The number of nitrogens with zero attached hydrogens (tertiary/aromatic N) is 2. The summed E-state index contributed by atoms with van der Waals surface area (Å²) >= 11 is 0. The lowest BCUT2D eigenvalue weighted by Crippen LogP contribution is -2.36. The van der Waals surface area contributed by atoms with Crippen molar-refractivity contribution in [2.45, 2.75) is 39.5 Å². The molecule has 2 heterocycles. The summed E-state index contributed by atoms with van der Waals surface area (Å²) in [6.07, 6.45) is 1.98. The van der Waals surface area contributed by atoms with E-state index in [-0.39, 0.29) is 5.91 Å². The summed E-state index contributed by atoms with van der Waals surface area (Å²) in [4.78, 5) is 13.1. The van der Waals surface area contributed by atoms with Crippen LogP contribution >= 0.6 is 0 Å². The van der Waals surface area contributed by atoms with Gasteiger partial charge in [0, 0.05) is 31.5 Å². The third kappa shape index (κ3) is 1.96. The topological polar surface area (TPSA) is 46.3 Å². The molecule has 0 aromatic carbocycles. The molecule has 88 valence electrons. The molecule has 1 aromatic heterocycles. The van der Waals surface area contributed by atoms with E-state index >= 15 is 0 Å². The molecule has 1 saturated heterocycles. The number of carbonyl (C=O) groups excluding carboxylic acids is 1. The van der Waals surface area contributed by atoms with Gasteiger partial charge in [-0.3, -0.25) is 4.79 Å². The van der Waals surface area contributed by atoms with Gasteiger partial charge < -0.3 is 9.42 Å². The van der Waals surface area contributed by atoms with Crippen molar-refractivity contribution in [3.8, 4) is 0 Å². The highest BCUT2D eigenvalue weighted by atomic mass is 16.5. The van der Waals surface area contributed by atoms with E-state index in [2.05, 4.69) is 12.1 Å². The molecule has 0 aliphatic carbocycles. The van der Waals surface area contributed by atoms with Crippen molar-refractivity contribution in [3.63, 3.8) is 0 Å². The standard InChI is InChI=1S/C12H18N2O2/c1-8-9(2)16-13-12(8)11-4-6-14(7-5-11)10(3)15/h11H,4-7H2,1-3H3. The van der Waals surface area contributed by atoms with Gasteiger partial charge in [0.15, 0.2) is 0 Å². The van der Waals surface area contributed by atoms with Gasteiger partial charge >= 0.3 is 0 Å². The van der Waals surface area contributed by atoms with Crippen LogP contribution < -0.4 is 0 Å². The number of amides is 1. The summed E-state index contributed by atoms with van der Waals surface area (Å²) in [5.41, 5.74) is 2.25. The molecule has 1 aliphatic heterocycles. The first-order valence-corrected chi connectivity index (χ1v) is 5.78. The van der Waals surface area contributed by atoms with Gasteiger partial charge in [0.05, 0.1) is 5.69 Å². The third-order valence-corrected chi connectivity index (χ3v) is 3.52. The van der Waals surface area contributed by atoms with E-state index in [9.17, 15) is 4.79 Å². The van der Waals surface area contributed by atoms with Crippen LogP contribution in [0.2, 0.25) is 0 Å². The number of aryl methyl sites for hydroxylation is 1. The molecule has 0 bridgehead atoms. The minimum Gasteiger partial charge on any atom is -0.361 e. The van der Waals surface area contributed by atoms with Crippen molar-refractivity contribution in [3.05, 3.63) is 17.0 Å². The number of aromatic nitrogens is 1. The van der Waals surface area contributed by atoms with Gasteiger partial charge in [-0.15, -0.1) is 0 Å². The number of hydrogen-bond acceptors (Lipinski definition) is 3. The molecule has 1 amide bonds. The Morgan fingerprint density at radius 1 is 1.38 bits per heavy atom. The summed E-state index contributed by atoms with van der Waals surface area (Å²) in [6, 6.07) is 0. The van der Waals surface area contributed by atoms with Crippen LogP contribution in [0.5, 0.6) is 0 Å². The van der Waals surface area contributed by atoms with Crippen LogP contribution in [0.15, 0.2) is 4.52 Å². The molecule has 1 aliphatic rings. The van der Waals surface area contributed by atoms with Crippen LogP contribution in [-0.2, 0) is 4.79 Å². The van der Waals surface area contributed by atoms with Gasteiger partial charge in [-0.2, -0.15) is 0 Å². The molecule has 16 heavy (non-hydrogen) atoms. The fourth-order valence-electron chi connectivity index (χ4n) is 2.28. The number of likely N-dealkylation sites (tertiary alicyclic amines) is 1. The molecule has 4 nitrogen and oxygen atoms in total. The van der Waals surface area contributed by atoms with Crippen LogP contribution in [0.1, 0.15) is 42.7 Å².